The molecular weight excluding hydrogens is 318 g/mol. The molecule has 0 bridgehead atoms. The molecule has 0 spiro atoms. The molecule has 1 aromatic heterocycles. The van der Waals surface area contributed by atoms with E-state index in [2.05, 4.69) is 4.40 Å². The van der Waals surface area contributed by atoms with E-state index in [1.54, 1.807) is 0 Å². The smallest absolute Gasteiger partial charge is 0.296 e. The first-order valence-electron chi connectivity index (χ1n) is 5.58. The van der Waals surface area contributed by atoms with Gasteiger partial charge in [0.2, 0.25) is 0 Å². The number of nitro groups is 2. The summed E-state index contributed by atoms with van der Waals surface area (Å²) in [5.74, 6) is 0.133. The summed E-state index contributed by atoms with van der Waals surface area (Å²) >= 11 is 0. The van der Waals surface area contributed by atoms with Crippen LogP contribution in [-0.4, -0.2) is 24.5 Å². The van der Waals surface area contributed by atoms with Gasteiger partial charge in [0.1, 0.15) is 5.76 Å². The summed E-state index contributed by atoms with van der Waals surface area (Å²) in [5, 5.41) is 21.5. The summed E-state index contributed by atoms with van der Waals surface area (Å²) in [5.41, 5.74) is -1.52. The van der Waals surface area contributed by atoms with Gasteiger partial charge < -0.3 is 4.42 Å². The molecule has 0 amide bonds. The van der Waals surface area contributed by atoms with Gasteiger partial charge in [-0.2, -0.15) is 12.8 Å². The lowest BCUT2D eigenvalue weighted by Crippen LogP contribution is -2.03. The molecule has 0 fully saturated rings. The van der Waals surface area contributed by atoms with E-state index in [1.807, 2.05) is 0 Å². The molecule has 1 aromatic carbocycles. The Balaban J connectivity index is 2.50. The minimum absolute atomic E-state index is 0.133. The number of hydrogen-bond acceptors (Lipinski definition) is 7. The molecule has 2 aromatic rings. The van der Waals surface area contributed by atoms with Gasteiger partial charge in [0.25, 0.3) is 21.4 Å². The number of nitrogens with zero attached hydrogens (tertiary/aromatic N) is 3. The lowest BCUT2D eigenvalue weighted by Gasteiger charge is -2.00. The van der Waals surface area contributed by atoms with Crippen LogP contribution in [0.2, 0.25) is 0 Å². The fraction of sp³-hybridized carbons (Fsp3) is 0. The van der Waals surface area contributed by atoms with Gasteiger partial charge in [-0.25, -0.2) is 0 Å². The Morgan fingerprint density at radius 1 is 1.14 bits per heavy atom. The molecule has 114 valence electrons. The van der Waals surface area contributed by atoms with Crippen molar-refractivity contribution >= 4 is 27.6 Å². The summed E-state index contributed by atoms with van der Waals surface area (Å²) in [6, 6.07) is 5.12. The Morgan fingerprint density at radius 2 is 1.86 bits per heavy atom. The van der Waals surface area contributed by atoms with Crippen molar-refractivity contribution < 1.29 is 22.7 Å². The average Bonchev–Trinajstić information content (AvgIpc) is 2.97. The predicted octanol–water partition coefficient (Wildman–Crippen LogP) is 1.90. The summed E-state index contributed by atoms with van der Waals surface area (Å²) in [6.07, 6.45) is 2.17. The molecular formula is C11H7N3O7S. The second kappa shape index (κ2) is 5.73. The number of non-ortho nitro benzene ring substituents is 1. The Hall–Kier alpha value is -3.08. The van der Waals surface area contributed by atoms with E-state index in [9.17, 15) is 28.6 Å². The maximum absolute atomic E-state index is 12.0. The molecule has 1 heterocycles. The zero-order valence-corrected chi connectivity index (χ0v) is 11.5. The number of sulfonamides is 1. The number of rotatable bonds is 5. The third-order valence-corrected chi connectivity index (χ3v) is 3.77. The standard InChI is InChI=1S/C11H7N3O7S/c15-13(16)8-3-4-11(10(6-8)14(17)18)22(19,20)12-7-9-2-1-5-21-9/h1-7H. The van der Waals surface area contributed by atoms with Crippen molar-refractivity contribution in [3.05, 3.63) is 62.6 Å². The van der Waals surface area contributed by atoms with Crippen molar-refractivity contribution in [3.63, 3.8) is 0 Å². The van der Waals surface area contributed by atoms with Crippen LogP contribution in [0.1, 0.15) is 5.76 Å². The van der Waals surface area contributed by atoms with Crippen molar-refractivity contribution in [2.75, 3.05) is 0 Å². The Bertz CT molecular complexity index is 856. The van der Waals surface area contributed by atoms with Crippen LogP contribution < -0.4 is 0 Å². The van der Waals surface area contributed by atoms with Gasteiger partial charge in [0.05, 0.1) is 28.4 Å². The van der Waals surface area contributed by atoms with Crippen molar-refractivity contribution in [2.45, 2.75) is 4.90 Å². The van der Waals surface area contributed by atoms with Gasteiger partial charge in [-0.15, -0.1) is 0 Å². The first kappa shape index (κ1) is 15.3. The van der Waals surface area contributed by atoms with Crippen molar-refractivity contribution in [1.82, 2.24) is 0 Å². The minimum atomic E-state index is -4.41. The number of benzene rings is 1. The van der Waals surface area contributed by atoms with Gasteiger partial charge in [0.15, 0.2) is 4.90 Å². The average molecular weight is 325 g/mol. The van der Waals surface area contributed by atoms with Crippen LogP contribution >= 0.6 is 0 Å². The molecule has 0 aliphatic heterocycles. The number of nitro benzene ring substituents is 2. The van der Waals surface area contributed by atoms with Crippen molar-refractivity contribution in [2.24, 2.45) is 4.40 Å². The Labute approximate surface area is 123 Å². The quantitative estimate of drug-likeness (QED) is 0.463. The highest BCUT2D eigenvalue weighted by Gasteiger charge is 2.28. The maximum Gasteiger partial charge on any atom is 0.296 e. The fourth-order valence-corrected chi connectivity index (χ4v) is 2.52. The molecule has 0 radical (unpaired) electrons. The van der Waals surface area contributed by atoms with Crippen LogP contribution in [0.15, 0.2) is 50.3 Å². The first-order valence-corrected chi connectivity index (χ1v) is 7.02. The SMILES string of the molecule is O=[N+]([O-])c1ccc(S(=O)(=O)N=Cc2ccco2)c([N+](=O)[O-])c1. The molecule has 22 heavy (non-hydrogen) atoms. The molecule has 10 nitrogen and oxygen atoms in total. The summed E-state index contributed by atoms with van der Waals surface area (Å²) in [6.45, 7) is 0. The van der Waals surface area contributed by atoms with Crippen LogP contribution in [0, 0.1) is 20.2 Å². The van der Waals surface area contributed by atoms with Crippen LogP contribution in [0.4, 0.5) is 11.4 Å². The topological polar surface area (TPSA) is 146 Å². The van der Waals surface area contributed by atoms with Crippen LogP contribution in [0.25, 0.3) is 0 Å². The number of hydrogen-bond donors (Lipinski definition) is 0. The lowest BCUT2D eigenvalue weighted by molar-refractivity contribution is -0.396. The van der Waals surface area contributed by atoms with Gasteiger partial charge in [0, 0.05) is 6.07 Å². The van der Waals surface area contributed by atoms with E-state index >= 15 is 0 Å². The van der Waals surface area contributed by atoms with Crippen LogP contribution in [-0.2, 0) is 10.0 Å². The van der Waals surface area contributed by atoms with Crippen LogP contribution in [0.3, 0.4) is 0 Å². The zero-order valence-electron chi connectivity index (χ0n) is 10.6. The lowest BCUT2D eigenvalue weighted by atomic mass is 10.3. The van der Waals surface area contributed by atoms with Gasteiger partial charge >= 0.3 is 0 Å². The van der Waals surface area contributed by atoms with E-state index in [0.29, 0.717) is 6.07 Å². The minimum Gasteiger partial charge on any atom is -0.463 e. The summed E-state index contributed by atoms with van der Waals surface area (Å²) in [4.78, 5) is 18.9. The molecule has 0 aliphatic carbocycles. The zero-order chi connectivity index (χ0) is 16.3. The largest absolute Gasteiger partial charge is 0.463 e. The Kier molecular flexibility index (Phi) is 3.99. The normalized spacial score (nSPS) is 11.6. The molecule has 0 aliphatic rings. The molecule has 11 heteroatoms. The predicted molar refractivity (Wildman–Crippen MR) is 73.2 cm³/mol. The second-order valence-corrected chi connectivity index (χ2v) is 5.49. The molecule has 0 atom stereocenters. The van der Waals surface area contributed by atoms with E-state index in [1.165, 1.54) is 18.4 Å². The second-order valence-electron chi connectivity index (χ2n) is 3.89. The first-order chi connectivity index (χ1) is 10.3. The number of furan rings is 1. The van der Waals surface area contributed by atoms with E-state index in [4.69, 9.17) is 4.42 Å². The van der Waals surface area contributed by atoms with Gasteiger partial charge in [-0.1, -0.05) is 0 Å². The highest BCUT2D eigenvalue weighted by Crippen LogP contribution is 2.29. The fourth-order valence-electron chi connectivity index (χ4n) is 1.52. The van der Waals surface area contributed by atoms with Crippen molar-refractivity contribution in [1.29, 1.82) is 0 Å². The van der Waals surface area contributed by atoms with Crippen molar-refractivity contribution in [3.8, 4) is 0 Å². The third-order valence-electron chi connectivity index (χ3n) is 2.49. The van der Waals surface area contributed by atoms with Crippen LogP contribution in [0.5, 0.6) is 0 Å². The third kappa shape index (κ3) is 3.15. The monoisotopic (exact) mass is 325 g/mol. The summed E-state index contributed by atoms with van der Waals surface area (Å²) < 4.78 is 32.2. The van der Waals surface area contributed by atoms with Gasteiger partial charge in [-0.05, 0) is 18.2 Å². The summed E-state index contributed by atoms with van der Waals surface area (Å²) in [7, 11) is -4.41. The molecule has 0 N–H and O–H groups in total. The molecule has 0 unspecified atom stereocenters. The van der Waals surface area contributed by atoms with E-state index < -0.39 is 36.1 Å². The van der Waals surface area contributed by atoms with E-state index in [0.717, 1.165) is 18.3 Å². The highest BCUT2D eigenvalue weighted by molar-refractivity contribution is 7.90. The Morgan fingerprint density at radius 3 is 2.41 bits per heavy atom. The van der Waals surface area contributed by atoms with Gasteiger partial charge in [-0.3, -0.25) is 20.2 Å². The molecule has 0 saturated heterocycles. The molecule has 2 rings (SSSR count). The van der Waals surface area contributed by atoms with E-state index in [-0.39, 0.29) is 5.76 Å². The molecule has 0 saturated carbocycles. The maximum atomic E-state index is 12.0. The highest BCUT2D eigenvalue weighted by atomic mass is 32.2.